The van der Waals surface area contributed by atoms with Crippen LogP contribution in [0.1, 0.15) is 86.5 Å². The number of hydrogen-bond acceptors (Lipinski definition) is 1. The summed E-state index contributed by atoms with van der Waals surface area (Å²) in [6.45, 7) is 13.7. The van der Waals surface area contributed by atoms with Crippen LogP contribution in [-0.4, -0.2) is 11.1 Å². The molecule has 2 heteroatoms. The Bertz CT molecular complexity index is 620. The molecule has 1 saturated carbocycles. The highest BCUT2D eigenvalue weighted by Crippen LogP contribution is 2.60. The first-order valence-corrected chi connectivity index (χ1v) is 10.3. The number of hydrogen-bond donors (Lipinski definition) is 1. The zero-order chi connectivity index (χ0) is 19.5. The van der Waals surface area contributed by atoms with Crippen molar-refractivity contribution >= 4 is 5.97 Å². The van der Waals surface area contributed by atoms with E-state index in [1.807, 2.05) is 6.08 Å². The minimum absolute atomic E-state index is 0.373. The topological polar surface area (TPSA) is 37.3 Å². The molecule has 0 spiro atoms. The number of carbonyl (C=O) groups is 1. The van der Waals surface area contributed by atoms with Gasteiger partial charge in [0.1, 0.15) is 0 Å². The molecule has 1 fully saturated rings. The van der Waals surface area contributed by atoms with Crippen molar-refractivity contribution in [3.63, 3.8) is 0 Å². The van der Waals surface area contributed by atoms with Crippen LogP contribution in [0.4, 0.5) is 0 Å². The first-order chi connectivity index (χ1) is 12.1. The van der Waals surface area contributed by atoms with Gasteiger partial charge in [-0.3, -0.25) is 4.79 Å². The minimum atomic E-state index is -0.769. The van der Waals surface area contributed by atoms with Crippen LogP contribution < -0.4 is 0 Å². The molecular weight excluding hydrogens is 320 g/mol. The molecule has 0 heterocycles. The molecule has 2 nitrogen and oxygen atoms in total. The van der Waals surface area contributed by atoms with Crippen molar-refractivity contribution in [2.24, 2.45) is 22.7 Å². The van der Waals surface area contributed by atoms with Gasteiger partial charge in [0.2, 0.25) is 0 Å². The zero-order valence-corrected chi connectivity index (χ0v) is 17.7. The normalized spacial score (nSPS) is 30.4. The Balaban J connectivity index is 2.09. The SMILES string of the molecule is CC1=C(CC/C(C)=C/C=C/[C@@H](C)C(=O)O)[C@@]2(C)CCCC(C)(C)[C@@H]2CC1. The molecule has 0 amide bonds. The summed E-state index contributed by atoms with van der Waals surface area (Å²) in [4.78, 5) is 10.9. The predicted molar refractivity (Wildman–Crippen MR) is 110 cm³/mol. The highest BCUT2D eigenvalue weighted by atomic mass is 16.4. The van der Waals surface area contributed by atoms with Crippen LogP contribution in [-0.2, 0) is 4.79 Å². The van der Waals surface area contributed by atoms with Gasteiger partial charge in [-0.05, 0) is 76.0 Å². The Morgan fingerprint density at radius 2 is 2.00 bits per heavy atom. The lowest BCUT2D eigenvalue weighted by Gasteiger charge is -2.55. The lowest BCUT2D eigenvalue weighted by molar-refractivity contribution is -0.139. The molecule has 0 saturated heterocycles. The molecule has 0 aromatic rings. The fraction of sp³-hybridized carbons (Fsp3) is 0.708. The molecular formula is C24H38O2. The van der Waals surface area contributed by atoms with E-state index in [1.165, 1.54) is 37.7 Å². The van der Waals surface area contributed by atoms with Gasteiger partial charge in [-0.1, -0.05) is 62.1 Å². The maximum atomic E-state index is 10.9. The third kappa shape index (κ3) is 4.50. The third-order valence-corrected chi connectivity index (χ3v) is 7.18. The number of carboxylic acid groups (broad SMARTS) is 1. The van der Waals surface area contributed by atoms with Crippen molar-refractivity contribution in [3.05, 3.63) is 34.9 Å². The van der Waals surface area contributed by atoms with Crippen molar-refractivity contribution in [3.8, 4) is 0 Å². The molecule has 2 aliphatic carbocycles. The van der Waals surface area contributed by atoms with Gasteiger partial charge in [-0.15, -0.1) is 0 Å². The quantitative estimate of drug-likeness (QED) is 0.413. The maximum Gasteiger partial charge on any atom is 0.310 e. The van der Waals surface area contributed by atoms with Crippen molar-refractivity contribution in [2.75, 3.05) is 0 Å². The van der Waals surface area contributed by atoms with Crippen LogP contribution in [0.15, 0.2) is 34.9 Å². The van der Waals surface area contributed by atoms with Gasteiger partial charge < -0.3 is 5.11 Å². The van der Waals surface area contributed by atoms with E-state index in [9.17, 15) is 4.79 Å². The summed E-state index contributed by atoms with van der Waals surface area (Å²) < 4.78 is 0. The average Bonchev–Trinajstić information content (AvgIpc) is 2.53. The number of rotatable bonds is 6. The van der Waals surface area contributed by atoms with Crippen LogP contribution in [0.2, 0.25) is 0 Å². The standard InChI is InChI=1S/C24H38O2/c1-17(9-7-10-19(3)22(25)26)11-13-20-18(2)12-14-21-23(4,5)15-8-16-24(20,21)6/h7,9-10,19,21H,8,11-16H2,1-6H3,(H,25,26)/b10-7+,17-9+/t19-,21+,24-/m1/s1. The molecule has 0 unspecified atom stereocenters. The Morgan fingerprint density at radius 1 is 1.31 bits per heavy atom. The third-order valence-electron chi connectivity index (χ3n) is 7.18. The van der Waals surface area contributed by atoms with E-state index < -0.39 is 11.9 Å². The monoisotopic (exact) mass is 358 g/mol. The lowest BCUT2D eigenvalue weighted by Crippen LogP contribution is -2.45. The summed E-state index contributed by atoms with van der Waals surface area (Å²) in [6, 6.07) is 0. The second-order valence-electron chi connectivity index (χ2n) is 9.63. The Morgan fingerprint density at radius 3 is 2.65 bits per heavy atom. The van der Waals surface area contributed by atoms with Crippen molar-refractivity contribution in [1.82, 2.24) is 0 Å². The van der Waals surface area contributed by atoms with E-state index in [0.29, 0.717) is 10.8 Å². The molecule has 146 valence electrons. The van der Waals surface area contributed by atoms with Crippen molar-refractivity contribution in [1.29, 1.82) is 0 Å². The molecule has 0 bridgehead atoms. The largest absolute Gasteiger partial charge is 0.481 e. The van der Waals surface area contributed by atoms with Gasteiger partial charge in [-0.2, -0.15) is 0 Å². The predicted octanol–water partition coefficient (Wildman–Crippen LogP) is 6.93. The van der Waals surface area contributed by atoms with E-state index in [-0.39, 0.29) is 0 Å². The fourth-order valence-corrected chi connectivity index (χ4v) is 5.57. The van der Waals surface area contributed by atoms with Crippen LogP contribution in [0, 0.1) is 22.7 Å². The zero-order valence-electron chi connectivity index (χ0n) is 17.7. The van der Waals surface area contributed by atoms with Gasteiger partial charge in [0.15, 0.2) is 0 Å². The summed E-state index contributed by atoms with van der Waals surface area (Å²) in [7, 11) is 0. The van der Waals surface area contributed by atoms with E-state index in [4.69, 9.17) is 5.11 Å². The van der Waals surface area contributed by atoms with Crippen LogP contribution >= 0.6 is 0 Å². The first kappa shape index (κ1) is 21.0. The lowest BCUT2D eigenvalue weighted by atomic mass is 9.50. The minimum Gasteiger partial charge on any atom is -0.481 e. The van der Waals surface area contributed by atoms with E-state index in [2.05, 4.69) is 40.7 Å². The first-order valence-electron chi connectivity index (χ1n) is 10.3. The second-order valence-corrected chi connectivity index (χ2v) is 9.63. The molecule has 0 aromatic carbocycles. The van der Waals surface area contributed by atoms with E-state index in [1.54, 1.807) is 24.1 Å². The van der Waals surface area contributed by atoms with Crippen molar-refractivity contribution < 1.29 is 9.90 Å². The number of fused-ring (bicyclic) bond motifs is 1. The molecule has 2 aliphatic rings. The van der Waals surface area contributed by atoms with E-state index >= 15 is 0 Å². The van der Waals surface area contributed by atoms with Crippen LogP contribution in [0.5, 0.6) is 0 Å². The highest BCUT2D eigenvalue weighted by Gasteiger charge is 2.49. The average molecular weight is 359 g/mol. The summed E-state index contributed by atoms with van der Waals surface area (Å²) >= 11 is 0. The van der Waals surface area contributed by atoms with Gasteiger partial charge in [-0.25, -0.2) is 0 Å². The van der Waals surface area contributed by atoms with Gasteiger partial charge in [0.25, 0.3) is 0 Å². The van der Waals surface area contributed by atoms with Gasteiger partial charge in [0, 0.05) is 0 Å². The Labute approximate surface area is 160 Å². The Hall–Kier alpha value is -1.31. The molecule has 0 aliphatic heterocycles. The maximum absolute atomic E-state index is 10.9. The summed E-state index contributed by atoms with van der Waals surface area (Å²) in [5.74, 6) is -0.385. The smallest absolute Gasteiger partial charge is 0.310 e. The second kappa shape index (κ2) is 8.15. The van der Waals surface area contributed by atoms with Gasteiger partial charge >= 0.3 is 5.97 Å². The van der Waals surface area contributed by atoms with E-state index in [0.717, 1.165) is 18.8 Å². The molecule has 3 atom stereocenters. The van der Waals surface area contributed by atoms with Crippen molar-refractivity contribution in [2.45, 2.75) is 86.5 Å². The van der Waals surface area contributed by atoms with Gasteiger partial charge in [0.05, 0.1) is 5.92 Å². The molecule has 0 radical (unpaired) electrons. The number of aliphatic carboxylic acids is 1. The summed E-state index contributed by atoms with van der Waals surface area (Å²) in [6.07, 6.45) is 14.6. The fourth-order valence-electron chi connectivity index (χ4n) is 5.57. The molecule has 26 heavy (non-hydrogen) atoms. The summed E-state index contributed by atoms with van der Waals surface area (Å²) in [5, 5.41) is 8.95. The van der Waals surface area contributed by atoms with Crippen LogP contribution in [0.25, 0.3) is 0 Å². The van der Waals surface area contributed by atoms with Crippen LogP contribution in [0.3, 0.4) is 0 Å². The molecule has 0 aromatic heterocycles. The molecule has 2 rings (SSSR count). The number of allylic oxidation sites excluding steroid dienone is 5. The number of carboxylic acids is 1. The molecule has 1 N–H and O–H groups in total. The summed E-state index contributed by atoms with van der Waals surface area (Å²) in [5.41, 5.74) is 5.51. The Kier molecular flexibility index (Phi) is 6.58. The highest BCUT2D eigenvalue weighted by molar-refractivity contribution is 5.71.